The minimum absolute atomic E-state index is 0.336. The molecule has 0 bridgehead atoms. The molecule has 0 radical (unpaired) electrons. The third-order valence-corrected chi connectivity index (χ3v) is 9.47. The molecular weight excluding hydrogens is 456 g/mol. The number of aromatic nitrogens is 3. The number of sulfonamides is 1. The monoisotopic (exact) mass is 488 g/mol. The van der Waals surface area contributed by atoms with Gasteiger partial charge in [0.2, 0.25) is 10.0 Å². The highest BCUT2D eigenvalue weighted by atomic mass is 32.2. The Hall–Kier alpha value is -3.16. The van der Waals surface area contributed by atoms with Crippen molar-refractivity contribution in [1.29, 1.82) is 0 Å². The van der Waals surface area contributed by atoms with Crippen LogP contribution in [0.1, 0.15) is 40.2 Å². The molecule has 0 amide bonds. The molecule has 0 spiro atoms. The van der Waals surface area contributed by atoms with Crippen LogP contribution in [-0.2, 0) is 23.6 Å². The molecule has 1 aliphatic heterocycles. The zero-order chi connectivity index (χ0) is 24.9. The standard InChI is InChI=1S/C28H32N4O2S/c1-19-10-6-7-11-24(19)18-32-21(3)27(25-12-8-9-13-26(25)32)23-14-16-31(17-15-23)35(33,34)28-20(2)29-30(5)22(28)4/h6-14H,15-18H2,1-5H3. The molecule has 1 aliphatic rings. The lowest BCUT2D eigenvalue weighted by molar-refractivity contribution is 0.440. The van der Waals surface area contributed by atoms with Gasteiger partial charge >= 0.3 is 0 Å². The number of hydrogen-bond donors (Lipinski definition) is 0. The van der Waals surface area contributed by atoms with Gasteiger partial charge in [0.05, 0.1) is 11.4 Å². The average molecular weight is 489 g/mol. The third-order valence-electron chi connectivity index (χ3n) is 7.35. The van der Waals surface area contributed by atoms with Gasteiger partial charge in [0.25, 0.3) is 0 Å². The number of hydrogen-bond acceptors (Lipinski definition) is 3. The average Bonchev–Trinajstić information content (AvgIpc) is 3.26. The first-order valence-electron chi connectivity index (χ1n) is 12.0. The van der Waals surface area contributed by atoms with E-state index in [1.807, 2.05) is 6.92 Å². The number of benzene rings is 2. The van der Waals surface area contributed by atoms with Crippen LogP contribution < -0.4 is 0 Å². The molecule has 0 saturated heterocycles. The topological polar surface area (TPSA) is 60.1 Å². The molecule has 4 aromatic rings. The molecule has 7 heteroatoms. The largest absolute Gasteiger partial charge is 0.340 e. The molecule has 6 nitrogen and oxygen atoms in total. The minimum atomic E-state index is -3.60. The van der Waals surface area contributed by atoms with E-state index in [1.165, 1.54) is 38.9 Å². The van der Waals surface area contributed by atoms with Crippen LogP contribution in [0.15, 0.2) is 59.5 Å². The second-order valence-corrected chi connectivity index (χ2v) is 11.3. The fraction of sp³-hybridized carbons (Fsp3) is 0.321. The van der Waals surface area contributed by atoms with Gasteiger partial charge in [-0.2, -0.15) is 9.40 Å². The van der Waals surface area contributed by atoms with Crippen LogP contribution in [0.25, 0.3) is 16.5 Å². The summed E-state index contributed by atoms with van der Waals surface area (Å²) in [7, 11) is -1.82. The summed E-state index contributed by atoms with van der Waals surface area (Å²) in [6.45, 7) is 9.54. The van der Waals surface area contributed by atoms with Crippen LogP contribution in [0.4, 0.5) is 0 Å². The first-order valence-corrected chi connectivity index (χ1v) is 13.5. The molecule has 0 saturated carbocycles. The minimum Gasteiger partial charge on any atom is -0.340 e. The summed E-state index contributed by atoms with van der Waals surface area (Å²) in [5, 5.41) is 5.54. The lowest BCUT2D eigenvalue weighted by Gasteiger charge is -2.26. The molecule has 0 aliphatic carbocycles. The van der Waals surface area contributed by atoms with E-state index in [0.29, 0.717) is 35.8 Å². The van der Waals surface area contributed by atoms with E-state index in [-0.39, 0.29) is 0 Å². The van der Waals surface area contributed by atoms with Gasteiger partial charge < -0.3 is 4.57 Å². The molecule has 182 valence electrons. The number of aryl methyl sites for hydroxylation is 3. The zero-order valence-corrected chi connectivity index (χ0v) is 21.9. The Balaban J connectivity index is 1.51. The van der Waals surface area contributed by atoms with Crippen molar-refractivity contribution >= 4 is 26.5 Å². The van der Waals surface area contributed by atoms with Crippen molar-refractivity contribution in [2.24, 2.45) is 7.05 Å². The Labute approximate surface area is 207 Å². The van der Waals surface area contributed by atoms with Crippen LogP contribution in [0.2, 0.25) is 0 Å². The summed E-state index contributed by atoms with van der Waals surface area (Å²) in [4.78, 5) is 0.336. The lowest BCUT2D eigenvalue weighted by atomic mass is 9.97. The smallest absolute Gasteiger partial charge is 0.247 e. The summed E-state index contributed by atoms with van der Waals surface area (Å²) in [6, 6.07) is 17.0. The Kier molecular flexibility index (Phi) is 5.93. The van der Waals surface area contributed by atoms with E-state index < -0.39 is 10.0 Å². The maximum atomic E-state index is 13.4. The van der Waals surface area contributed by atoms with Crippen LogP contribution in [0.3, 0.4) is 0 Å². The van der Waals surface area contributed by atoms with Crippen molar-refractivity contribution in [1.82, 2.24) is 18.7 Å². The predicted octanol–water partition coefficient (Wildman–Crippen LogP) is 5.13. The van der Waals surface area contributed by atoms with Gasteiger partial charge in [-0.25, -0.2) is 8.42 Å². The Morgan fingerprint density at radius 1 is 0.943 bits per heavy atom. The fourth-order valence-electron chi connectivity index (χ4n) is 5.35. The van der Waals surface area contributed by atoms with Gasteiger partial charge in [0.1, 0.15) is 4.90 Å². The molecule has 0 unspecified atom stereocenters. The van der Waals surface area contributed by atoms with Crippen LogP contribution >= 0.6 is 0 Å². The van der Waals surface area contributed by atoms with Crippen molar-refractivity contribution in [3.05, 3.63) is 88.4 Å². The predicted molar refractivity (Wildman–Crippen MR) is 141 cm³/mol. The lowest BCUT2D eigenvalue weighted by Crippen LogP contribution is -2.35. The molecule has 0 N–H and O–H groups in total. The number of fused-ring (bicyclic) bond motifs is 1. The number of nitrogens with zero attached hydrogens (tertiary/aromatic N) is 4. The van der Waals surface area contributed by atoms with Gasteiger partial charge in [0.15, 0.2) is 0 Å². The zero-order valence-electron chi connectivity index (χ0n) is 21.0. The van der Waals surface area contributed by atoms with E-state index >= 15 is 0 Å². The van der Waals surface area contributed by atoms with Crippen molar-refractivity contribution < 1.29 is 8.42 Å². The van der Waals surface area contributed by atoms with Gasteiger partial charge in [-0.1, -0.05) is 48.5 Å². The molecule has 0 atom stereocenters. The maximum absolute atomic E-state index is 13.4. The van der Waals surface area contributed by atoms with Crippen molar-refractivity contribution in [3.8, 4) is 0 Å². The Morgan fingerprint density at radius 3 is 2.31 bits per heavy atom. The van der Waals surface area contributed by atoms with Crippen LogP contribution in [-0.4, -0.2) is 40.2 Å². The fourth-order valence-corrected chi connectivity index (χ4v) is 7.13. The van der Waals surface area contributed by atoms with Crippen LogP contribution in [0.5, 0.6) is 0 Å². The second kappa shape index (κ2) is 8.81. The van der Waals surface area contributed by atoms with Gasteiger partial charge in [-0.05, 0) is 56.9 Å². The SMILES string of the molecule is Cc1ccccc1Cn1c(C)c(C2=CCN(S(=O)(=O)c3c(C)nn(C)c3C)CC2)c2ccccc21. The van der Waals surface area contributed by atoms with E-state index in [4.69, 9.17) is 0 Å². The molecule has 2 aromatic heterocycles. The summed E-state index contributed by atoms with van der Waals surface area (Å²) in [5.41, 5.74) is 8.69. The van der Waals surface area contributed by atoms with Crippen LogP contribution in [0, 0.1) is 27.7 Å². The molecule has 35 heavy (non-hydrogen) atoms. The Morgan fingerprint density at radius 2 is 1.66 bits per heavy atom. The molecule has 3 heterocycles. The molecule has 5 rings (SSSR count). The maximum Gasteiger partial charge on any atom is 0.247 e. The molecule has 0 fully saturated rings. The molecular formula is C28H32N4O2S. The third kappa shape index (κ3) is 3.93. The summed E-state index contributed by atoms with van der Waals surface area (Å²) in [5.74, 6) is 0. The van der Waals surface area contributed by atoms with E-state index in [0.717, 1.165) is 6.54 Å². The van der Waals surface area contributed by atoms with Gasteiger partial charge in [-0.3, -0.25) is 4.68 Å². The van der Waals surface area contributed by atoms with E-state index in [1.54, 1.807) is 23.0 Å². The number of para-hydroxylation sites is 1. The highest BCUT2D eigenvalue weighted by Gasteiger charge is 2.32. The highest BCUT2D eigenvalue weighted by Crippen LogP contribution is 2.36. The van der Waals surface area contributed by atoms with Gasteiger partial charge in [0, 0.05) is 48.8 Å². The summed E-state index contributed by atoms with van der Waals surface area (Å²) >= 11 is 0. The first-order chi connectivity index (χ1) is 16.7. The second-order valence-electron chi connectivity index (χ2n) is 9.46. The van der Waals surface area contributed by atoms with Crippen molar-refractivity contribution in [2.75, 3.05) is 13.1 Å². The van der Waals surface area contributed by atoms with Gasteiger partial charge in [-0.15, -0.1) is 0 Å². The molecule has 2 aromatic carbocycles. The highest BCUT2D eigenvalue weighted by molar-refractivity contribution is 7.89. The van der Waals surface area contributed by atoms with Crippen molar-refractivity contribution in [2.45, 2.75) is 45.6 Å². The Bertz CT molecular complexity index is 1570. The van der Waals surface area contributed by atoms with E-state index in [2.05, 4.69) is 78.1 Å². The van der Waals surface area contributed by atoms with Crippen molar-refractivity contribution in [3.63, 3.8) is 0 Å². The summed E-state index contributed by atoms with van der Waals surface area (Å²) < 4.78 is 32.5. The summed E-state index contributed by atoms with van der Waals surface area (Å²) in [6.07, 6.45) is 2.77. The number of rotatable bonds is 5. The van der Waals surface area contributed by atoms with E-state index in [9.17, 15) is 8.42 Å². The normalized spacial score (nSPS) is 15.1. The first kappa shape index (κ1) is 23.6. The quantitative estimate of drug-likeness (QED) is 0.391.